The third-order valence-electron chi connectivity index (χ3n) is 13.1. The maximum atomic E-state index is 2.51. The SMILES string of the molecule is CC(C)(C)c1ccc(N(c2ccccc2)c2ccc3c4c(c5ccccc5c3c2)-c2c(cc(N(c3ccccc3)c3ccc(C(C)(C)C)cc3)c3ccccc23)C4(C)C)cc1. The lowest BCUT2D eigenvalue weighted by molar-refractivity contribution is 0.590. The van der Waals surface area contributed by atoms with Gasteiger partial charge in [0.15, 0.2) is 0 Å². The van der Waals surface area contributed by atoms with Crippen LogP contribution in [-0.2, 0) is 16.2 Å². The number of anilines is 6. The summed E-state index contributed by atoms with van der Waals surface area (Å²) in [6.45, 7) is 18.6. The van der Waals surface area contributed by atoms with Gasteiger partial charge in [-0.1, -0.05) is 171 Å². The highest BCUT2D eigenvalue weighted by Gasteiger charge is 2.41. The van der Waals surface area contributed by atoms with Crippen molar-refractivity contribution < 1.29 is 0 Å². The molecule has 0 unspecified atom stereocenters. The van der Waals surface area contributed by atoms with E-state index in [0.717, 1.165) is 28.4 Å². The number of para-hydroxylation sites is 2. The Morgan fingerprint density at radius 2 is 0.770 bits per heavy atom. The maximum absolute atomic E-state index is 2.51. The highest BCUT2D eigenvalue weighted by atomic mass is 15.1. The first-order valence-electron chi connectivity index (χ1n) is 21.8. The molecule has 0 saturated carbocycles. The lowest BCUT2D eigenvalue weighted by Crippen LogP contribution is -2.18. The second-order valence-electron chi connectivity index (χ2n) is 19.4. The van der Waals surface area contributed by atoms with Gasteiger partial charge in [0.2, 0.25) is 0 Å². The van der Waals surface area contributed by atoms with Crippen LogP contribution in [0.3, 0.4) is 0 Å². The molecule has 2 nitrogen and oxygen atoms in total. The van der Waals surface area contributed by atoms with Crippen molar-refractivity contribution in [2.75, 3.05) is 9.80 Å². The first-order valence-corrected chi connectivity index (χ1v) is 21.8. The third kappa shape index (κ3) is 6.39. The number of benzene rings is 9. The van der Waals surface area contributed by atoms with E-state index in [1.165, 1.54) is 71.4 Å². The third-order valence-corrected chi connectivity index (χ3v) is 13.1. The van der Waals surface area contributed by atoms with E-state index in [1.54, 1.807) is 0 Å². The van der Waals surface area contributed by atoms with Crippen LogP contribution in [0.5, 0.6) is 0 Å². The largest absolute Gasteiger partial charge is 0.310 e. The van der Waals surface area contributed by atoms with Crippen LogP contribution >= 0.6 is 0 Å². The minimum atomic E-state index is -0.298. The topological polar surface area (TPSA) is 6.48 Å². The summed E-state index contributed by atoms with van der Waals surface area (Å²) >= 11 is 0. The summed E-state index contributed by atoms with van der Waals surface area (Å²) in [4.78, 5) is 4.86. The van der Waals surface area contributed by atoms with Crippen LogP contribution < -0.4 is 9.80 Å². The zero-order chi connectivity index (χ0) is 42.3. The highest BCUT2D eigenvalue weighted by Crippen LogP contribution is 2.59. The van der Waals surface area contributed by atoms with E-state index < -0.39 is 0 Å². The second kappa shape index (κ2) is 14.2. The van der Waals surface area contributed by atoms with Crippen LogP contribution in [-0.4, -0.2) is 0 Å². The van der Waals surface area contributed by atoms with E-state index in [1.807, 2.05) is 0 Å². The number of fused-ring (bicyclic) bond motifs is 10. The van der Waals surface area contributed by atoms with Gasteiger partial charge >= 0.3 is 0 Å². The van der Waals surface area contributed by atoms with Crippen LogP contribution in [0.15, 0.2) is 182 Å². The maximum Gasteiger partial charge on any atom is 0.0543 e. The van der Waals surface area contributed by atoms with Gasteiger partial charge in [-0.25, -0.2) is 0 Å². The molecular formula is C59H54N2. The smallest absolute Gasteiger partial charge is 0.0543 e. The molecule has 0 bridgehead atoms. The van der Waals surface area contributed by atoms with Gasteiger partial charge in [-0.2, -0.15) is 0 Å². The summed E-state index contributed by atoms with van der Waals surface area (Å²) in [5, 5.41) is 7.67. The van der Waals surface area contributed by atoms with E-state index in [4.69, 9.17) is 0 Å². The van der Waals surface area contributed by atoms with E-state index in [-0.39, 0.29) is 16.2 Å². The van der Waals surface area contributed by atoms with Gasteiger partial charge in [-0.05, 0) is 138 Å². The average Bonchev–Trinajstić information content (AvgIpc) is 3.51. The fourth-order valence-electron chi connectivity index (χ4n) is 9.91. The Morgan fingerprint density at radius 1 is 0.344 bits per heavy atom. The van der Waals surface area contributed by atoms with Gasteiger partial charge < -0.3 is 9.80 Å². The minimum absolute atomic E-state index is 0.0655. The summed E-state index contributed by atoms with van der Waals surface area (Å²) in [6, 6.07) is 67.8. The second-order valence-corrected chi connectivity index (χ2v) is 19.4. The van der Waals surface area contributed by atoms with Crippen molar-refractivity contribution in [3.63, 3.8) is 0 Å². The summed E-state index contributed by atoms with van der Waals surface area (Å²) in [5.74, 6) is 0. The van der Waals surface area contributed by atoms with Gasteiger partial charge in [0.25, 0.3) is 0 Å². The molecule has 1 aliphatic carbocycles. The molecule has 0 fully saturated rings. The number of hydrogen-bond acceptors (Lipinski definition) is 2. The molecule has 0 saturated heterocycles. The van der Waals surface area contributed by atoms with E-state index in [0.29, 0.717) is 0 Å². The van der Waals surface area contributed by atoms with Crippen LogP contribution in [0.1, 0.15) is 77.6 Å². The lowest BCUT2D eigenvalue weighted by atomic mass is 9.79. The molecule has 9 aromatic rings. The predicted octanol–water partition coefficient (Wildman–Crippen LogP) is 17.0. The molecule has 0 atom stereocenters. The Labute approximate surface area is 361 Å². The van der Waals surface area contributed by atoms with Crippen molar-refractivity contribution >= 4 is 66.4 Å². The van der Waals surface area contributed by atoms with Crippen molar-refractivity contribution in [3.8, 4) is 11.1 Å². The summed E-state index contributed by atoms with van der Waals surface area (Å²) in [6.07, 6.45) is 0. The molecule has 2 heteroatoms. The quantitative estimate of drug-likeness (QED) is 0.155. The molecule has 0 radical (unpaired) electrons. The molecular weight excluding hydrogens is 737 g/mol. The molecule has 10 rings (SSSR count). The van der Waals surface area contributed by atoms with E-state index >= 15 is 0 Å². The molecule has 300 valence electrons. The van der Waals surface area contributed by atoms with Crippen molar-refractivity contribution in [2.24, 2.45) is 0 Å². The monoisotopic (exact) mass is 790 g/mol. The first-order chi connectivity index (χ1) is 29.3. The van der Waals surface area contributed by atoms with Crippen molar-refractivity contribution in [3.05, 3.63) is 204 Å². The van der Waals surface area contributed by atoms with Crippen molar-refractivity contribution in [1.82, 2.24) is 0 Å². The van der Waals surface area contributed by atoms with Crippen LogP contribution in [0.25, 0.3) is 43.4 Å². The van der Waals surface area contributed by atoms with Gasteiger partial charge in [-0.15, -0.1) is 0 Å². The standard InChI is InChI=1S/C59H54N2/c1-57(2,3)39-27-31-43(32-28-39)60(41-19-11-9-12-20-41)45-35-36-50-51(37-45)46-23-15-17-25-48(46)55-54-49-26-18-16-24-47(49)53(38-52(54)59(7,8)56(50)55)61(42-21-13-10-14-22-42)44-33-29-40(30-34-44)58(4,5)6/h9-38H,1-8H3. The van der Waals surface area contributed by atoms with E-state index in [9.17, 15) is 0 Å². The van der Waals surface area contributed by atoms with Crippen LogP contribution in [0.4, 0.5) is 34.1 Å². The summed E-state index contributed by atoms with van der Waals surface area (Å²) in [7, 11) is 0. The average molecular weight is 791 g/mol. The number of nitrogens with zero attached hydrogens (tertiary/aromatic N) is 2. The molecule has 61 heavy (non-hydrogen) atoms. The normalized spacial score (nSPS) is 13.4. The van der Waals surface area contributed by atoms with Gasteiger partial charge in [0.05, 0.1) is 5.69 Å². The summed E-state index contributed by atoms with van der Waals surface area (Å²) in [5.41, 5.74) is 14.9. The van der Waals surface area contributed by atoms with Crippen LogP contribution in [0, 0.1) is 0 Å². The van der Waals surface area contributed by atoms with Crippen LogP contribution in [0.2, 0.25) is 0 Å². The number of rotatable bonds is 6. The molecule has 0 aromatic heterocycles. The lowest BCUT2D eigenvalue weighted by Gasteiger charge is -2.30. The molecule has 0 amide bonds. The fraction of sp³-hybridized carbons (Fsp3) is 0.186. The zero-order valence-electron chi connectivity index (χ0n) is 36.7. The Morgan fingerprint density at radius 3 is 1.31 bits per heavy atom. The number of hydrogen-bond donors (Lipinski definition) is 0. The zero-order valence-corrected chi connectivity index (χ0v) is 36.7. The Hall–Kier alpha value is -6.64. The molecule has 9 aromatic carbocycles. The van der Waals surface area contributed by atoms with Gasteiger partial charge in [0, 0.05) is 39.2 Å². The molecule has 0 heterocycles. The molecule has 0 spiro atoms. The Balaban J connectivity index is 1.21. The molecule has 0 aliphatic heterocycles. The Kier molecular flexibility index (Phi) is 9.00. The fourth-order valence-corrected chi connectivity index (χ4v) is 9.91. The summed E-state index contributed by atoms with van der Waals surface area (Å²) < 4.78 is 0. The molecule has 0 N–H and O–H groups in total. The van der Waals surface area contributed by atoms with Crippen molar-refractivity contribution in [2.45, 2.75) is 71.6 Å². The van der Waals surface area contributed by atoms with Gasteiger partial charge in [0.1, 0.15) is 0 Å². The van der Waals surface area contributed by atoms with Gasteiger partial charge in [-0.3, -0.25) is 0 Å². The first kappa shape index (κ1) is 38.6. The molecule has 1 aliphatic rings. The predicted molar refractivity (Wildman–Crippen MR) is 263 cm³/mol. The highest BCUT2D eigenvalue weighted by molar-refractivity contribution is 6.23. The van der Waals surface area contributed by atoms with E-state index in [2.05, 4.69) is 247 Å². The Bertz CT molecular complexity index is 3090. The van der Waals surface area contributed by atoms with Crippen molar-refractivity contribution in [1.29, 1.82) is 0 Å². The minimum Gasteiger partial charge on any atom is -0.310 e.